The third-order valence-corrected chi connectivity index (χ3v) is 3.94. The number of piperazine rings is 1. The summed E-state index contributed by atoms with van der Waals surface area (Å²) in [7, 11) is 0. The smallest absolute Gasteiger partial charge is 0.134 e. The molecule has 4 heteroatoms. The minimum Gasteiger partial charge on any atom is -0.389 e. The first-order valence-electron chi connectivity index (χ1n) is 6.87. The Labute approximate surface area is 108 Å². The van der Waals surface area contributed by atoms with Crippen molar-refractivity contribution < 1.29 is 5.11 Å². The van der Waals surface area contributed by atoms with Gasteiger partial charge < -0.3 is 10.0 Å². The van der Waals surface area contributed by atoms with Crippen molar-refractivity contribution in [2.45, 2.75) is 31.9 Å². The van der Waals surface area contributed by atoms with Gasteiger partial charge in [0, 0.05) is 44.0 Å². The Hall–Kier alpha value is -1.13. The van der Waals surface area contributed by atoms with Crippen molar-refractivity contribution in [1.82, 2.24) is 9.88 Å². The van der Waals surface area contributed by atoms with E-state index >= 15 is 0 Å². The molecule has 1 aromatic heterocycles. The van der Waals surface area contributed by atoms with Crippen molar-refractivity contribution in [2.75, 3.05) is 31.1 Å². The van der Waals surface area contributed by atoms with Gasteiger partial charge in [0.2, 0.25) is 0 Å². The molecule has 1 N–H and O–H groups in total. The Balaban J connectivity index is 1.71. The number of hydrogen-bond acceptors (Lipinski definition) is 4. The van der Waals surface area contributed by atoms with E-state index in [1.54, 1.807) is 6.92 Å². The molecule has 1 saturated heterocycles. The maximum Gasteiger partial charge on any atom is 0.134 e. The van der Waals surface area contributed by atoms with Gasteiger partial charge in [0.05, 0.1) is 6.10 Å². The molecule has 1 aliphatic carbocycles. The largest absolute Gasteiger partial charge is 0.389 e. The van der Waals surface area contributed by atoms with E-state index in [1.807, 2.05) is 18.3 Å². The zero-order valence-corrected chi connectivity index (χ0v) is 10.9. The van der Waals surface area contributed by atoms with Crippen LogP contribution in [0.1, 0.15) is 31.4 Å². The number of aromatic nitrogens is 1. The number of aliphatic hydroxyl groups excluding tert-OH is 1. The van der Waals surface area contributed by atoms with E-state index in [0.717, 1.165) is 43.6 Å². The summed E-state index contributed by atoms with van der Waals surface area (Å²) in [5.41, 5.74) is 0.942. The molecule has 2 aliphatic rings. The molecule has 1 atom stereocenters. The fourth-order valence-corrected chi connectivity index (χ4v) is 2.74. The van der Waals surface area contributed by atoms with Crippen LogP contribution in [0.15, 0.2) is 18.3 Å². The van der Waals surface area contributed by atoms with Crippen LogP contribution in [0.5, 0.6) is 0 Å². The second-order valence-electron chi connectivity index (χ2n) is 5.35. The van der Waals surface area contributed by atoms with Crippen LogP contribution in [0.2, 0.25) is 0 Å². The monoisotopic (exact) mass is 247 g/mol. The lowest BCUT2D eigenvalue weighted by atomic mass is 10.1. The number of aliphatic hydroxyl groups is 1. The summed E-state index contributed by atoms with van der Waals surface area (Å²) >= 11 is 0. The van der Waals surface area contributed by atoms with Gasteiger partial charge in [0.25, 0.3) is 0 Å². The molecule has 0 bridgehead atoms. The van der Waals surface area contributed by atoms with Crippen LogP contribution in [-0.4, -0.2) is 47.2 Å². The van der Waals surface area contributed by atoms with E-state index in [-0.39, 0.29) is 0 Å². The molecule has 98 valence electrons. The summed E-state index contributed by atoms with van der Waals surface area (Å²) in [6.45, 7) is 6.10. The SMILES string of the molecule is CC(O)c1cccnc1N1CCN(C2CC2)CC1. The molecule has 0 aromatic carbocycles. The van der Waals surface area contributed by atoms with Crippen molar-refractivity contribution in [3.05, 3.63) is 23.9 Å². The predicted molar refractivity (Wildman–Crippen MR) is 71.7 cm³/mol. The summed E-state index contributed by atoms with van der Waals surface area (Å²) in [5, 5.41) is 9.81. The van der Waals surface area contributed by atoms with Crippen molar-refractivity contribution in [3.63, 3.8) is 0 Å². The first-order valence-corrected chi connectivity index (χ1v) is 6.87. The molecule has 3 rings (SSSR count). The predicted octanol–water partition coefficient (Wildman–Crippen LogP) is 1.42. The zero-order valence-electron chi connectivity index (χ0n) is 10.9. The molecule has 0 spiro atoms. The molecule has 1 aliphatic heterocycles. The lowest BCUT2D eigenvalue weighted by molar-refractivity contribution is 0.198. The Kier molecular flexibility index (Phi) is 3.22. The molecular weight excluding hydrogens is 226 g/mol. The van der Waals surface area contributed by atoms with Gasteiger partial charge in [-0.05, 0) is 25.8 Å². The van der Waals surface area contributed by atoms with Crippen LogP contribution < -0.4 is 4.90 Å². The first kappa shape index (κ1) is 11.9. The van der Waals surface area contributed by atoms with E-state index < -0.39 is 6.10 Å². The van der Waals surface area contributed by atoms with Crippen LogP contribution in [0.4, 0.5) is 5.82 Å². The standard InChI is InChI=1S/C14H21N3O/c1-11(18)13-3-2-6-15-14(13)17-9-7-16(8-10-17)12-4-5-12/h2-3,6,11-12,18H,4-5,7-10H2,1H3. The summed E-state index contributed by atoms with van der Waals surface area (Å²) in [6.07, 6.45) is 4.12. The molecule has 0 radical (unpaired) electrons. The molecule has 18 heavy (non-hydrogen) atoms. The maximum atomic E-state index is 9.81. The highest BCUT2D eigenvalue weighted by Gasteiger charge is 2.31. The van der Waals surface area contributed by atoms with Gasteiger partial charge in [-0.3, -0.25) is 4.90 Å². The Bertz CT molecular complexity index is 409. The summed E-state index contributed by atoms with van der Waals surface area (Å²) in [4.78, 5) is 9.35. The van der Waals surface area contributed by atoms with Crippen molar-refractivity contribution in [2.24, 2.45) is 0 Å². The lowest BCUT2D eigenvalue weighted by Gasteiger charge is -2.36. The highest BCUT2D eigenvalue weighted by atomic mass is 16.3. The number of pyridine rings is 1. The van der Waals surface area contributed by atoms with Crippen LogP contribution in [0.25, 0.3) is 0 Å². The minimum atomic E-state index is -0.449. The van der Waals surface area contributed by atoms with Crippen molar-refractivity contribution >= 4 is 5.82 Å². The Morgan fingerprint density at radius 2 is 2.00 bits per heavy atom. The normalized spacial score (nSPS) is 23.1. The van der Waals surface area contributed by atoms with Gasteiger partial charge in [-0.2, -0.15) is 0 Å². The average Bonchev–Trinajstić information content (AvgIpc) is 3.23. The van der Waals surface area contributed by atoms with Crippen LogP contribution in [0.3, 0.4) is 0 Å². The molecular formula is C14H21N3O. The van der Waals surface area contributed by atoms with E-state index in [2.05, 4.69) is 14.8 Å². The summed E-state index contributed by atoms with van der Waals surface area (Å²) in [5.74, 6) is 0.961. The fraction of sp³-hybridized carbons (Fsp3) is 0.643. The number of rotatable bonds is 3. The molecule has 0 amide bonds. The van der Waals surface area contributed by atoms with Crippen LogP contribution in [0, 0.1) is 0 Å². The van der Waals surface area contributed by atoms with Gasteiger partial charge >= 0.3 is 0 Å². The summed E-state index contributed by atoms with van der Waals surface area (Å²) < 4.78 is 0. The fourth-order valence-electron chi connectivity index (χ4n) is 2.74. The number of hydrogen-bond donors (Lipinski definition) is 1. The minimum absolute atomic E-state index is 0.449. The topological polar surface area (TPSA) is 39.6 Å². The third kappa shape index (κ3) is 2.35. The van der Waals surface area contributed by atoms with E-state index in [9.17, 15) is 5.11 Å². The molecule has 4 nitrogen and oxygen atoms in total. The molecule has 1 aromatic rings. The number of anilines is 1. The highest BCUT2D eigenvalue weighted by molar-refractivity contribution is 5.48. The van der Waals surface area contributed by atoms with Gasteiger partial charge in [-0.15, -0.1) is 0 Å². The maximum absolute atomic E-state index is 9.81. The summed E-state index contributed by atoms with van der Waals surface area (Å²) in [6, 6.07) is 4.72. The van der Waals surface area contributed by atoms with E-state index in [0.29, 0.717) is 0 Å². The zero-order chi connectivity index (χ0) is 12.5. The second kappa shape index (κ2) is 4.86. The van der Waals surface area contributed by atoms with E-state index in [4.69, 9.17) is 0 Å². The Morgan fingerprint density at radius 3 is 2.61 bits per heavy atom. The van der Waals surface area contributed by atoms with Gasteiger partial charge in [-0.1, -0.05) is 6.07 Å². The molecule has 1 unspecified atom stereocenters. The van der Waals surface area contributed by atoms with Gasteiger partial charge in [0.1, 0.15) is 5.82 Å². The molecule has 1 saturated carbocycles. The van der Waals surface area contributed by atoms with Crippen LogP contribution in [-0.2, 0) is 0 Å². The van der Waals surface area contributed by atoms with Crippen molar-refractivity contribution in [3.8, 4) is 0 Å². The average molecular weight is 247 g/mol. The van der Waals surface area contributed by atoms with Crippen LogP contribution >= 0.6 is 0 Å². The highest BCUT2D eigenvalue weighted by Crippen LogP contribution is 2.29. The lowest BCUT2D eigenvalue weighted by Crippen LogP contribution is -2.47. The first-order chi connectivity index (χ1) is 8.75. The second-order valence-corrected chi connectivity index (χ2v) is 5.35. The van der Waals surface area contributed by atoms with Gasteiger partial charge in [0.15, 0.2) is 0 Å². The number of nitrogens with zero attached hydrogens (tertiary/aromatic N) is 3. The Morgan fingerprint density at radius 1 is 1.28 bits per heavy atom. The van der Waals surface area contributed by atoms with Gasteiger partial charge in [-0.25, -0.2) is 4.98 Å². The molecule has 2 fully saturated rings. The van der Waals surface area contributed by atoms with Crippen molar-refractivity contribution in [1.29, 1.82) is 0 Å². The quantitative estimate of drug-likeness (QED) is 0.877. The molecule has 2 heterocycles. The van der Waals surface area contributed by atoms with E-state index in [1.165, 1.54) is 12.8 Å². The third-order valence-electron chi connectivity index (χ3n) is 3.94.